The van der Waals surface area contributed by atoms with Crippen molar-refractivity contribution in [1.82, 2.24) is 10.2 Å². The van der Waals surface area contributed by atoms with Gasteiger partial charge in [0.25, 0.3) is 0 Å². The SMILES string of the molecule is COC(=O)[C@H](NC(=O)N(C)C1CC1)[C@@H](C)c1ccc(NC(=O)[C@@H](N)C(C2CCC2)C2CCC2)c(F)c1. The highest BCUT2D eigenvalue weighted by atomic mass is 19.1. The van der Waals surface area contributed by atoms with Crippen molar-refractivity contribution in [3.8, 4) is 0 Å². The average molecular weight is 503 g/mol. The van der Waals surface area contributed by atoms with E-state index in [4.69, 9.17) is 10.5 Å². The minimum atomic E-state index is -0.984. The molecule has 1 aromatic carbocycles. The zero-order valence-electron chi connectivity index (χ0n) is 21.5. The van der Waals surface area contributed by atoms with Gasteiger partial charge in [0.2, 0.25) is 5.91 Å². The Morgan fingerprint density at radius 2 is 1.69 bits per heavy atom. The summed E-state index contributed by atoms with van der Waals surface area (Å²) in [5.41, 5.74) is 6.97. The second-order valence-corrected chi connectivity index (χ2v) is 10.8. The number of halogens is 1. The Bertz CT molecular complexity index is 963. The zero-order valence-corrected chi connectivity index (χ0v) is 21.5. The van der Waals surface area contributed by atoms with Gasteiger partial charge >= 0.3 is 12.0 Å². The van der Waals surface area contributed by atoms with Crippen molar-refractivity contribution in [3.63, 3.8) is 0 Å². The van der Waals surface area contributed by atoms with E-state index in [9.17, 15) is 14.4 Å². The number of hydrogen-bond donors (Lipinski definition) is 3. The predicted octanol–water partition coefficient (Wildman–Crippen LogP) is 3.76. The number of urea groups is 1. The number of rotatable bonds is 10. The molecule has 1 aromatic rings. The molecule has 3 aliphatic carbocycles. The largest absolute Gasteiger partial charge is 0.467 e. The van der Waals surface area contributed by atoms with Crippen molar-refractivity contribution in [1.29, 1.82) is 0 Å². The van der Waals surface area contributed by atoms with Gasteiger partial charge in [-0.15, -0.1) is 0 Å². The highest BCUT2D eigenvalue weighted by Gasteiger charge is 2.42. The number of benzene rings is 1. The number of anilines is 1. The third kappa shape index (κ3) is 5.66. The van der Waals surface area contributed by atoms with Crippen molar-refractivity contribution in [2.75, 3.05) is 19.5 Å². The number of hydrogen-bond acceptors (Lipinski definition) is 5. The van der Waals surface area contributed by atoms with Gasteiger partial charge in [-0.1, -0.05) is 51.5 Å². The zero-order chi connectivity index (χ0) is 26.0. The molecule has 8 nitrogen and oxygen atoms in total. The van der Waals surface area contributed by atoms with Gasteiger partial charge in [-0.2, -0.15) is 0 Å². The number of carbonyl (C=O) groups excluding carboxylic acids is 3. The van der Waals surface area contributed by atoms with Crippen molar-refractivity contribution in [2.45, 2.75) is 82.3 Å². The van der Waals surface area contributed by atoms with Gasteiger partial charge in [-0.25, -0.2) is 14.0 Å². The quantitative estimate of drug-likeness (QED) is 0.422. The van der Waals surface area contributed by atoms with Crippen molar-refractivity contribution >= 4 is 23.6 Å². The summed E-state index contributed by atoms with van der Waals surface area (Å²) in [5.74, 6) is -1.04. The van der Waals surface area contributed by atoms with Crippen LogP contribution in [0.5, 0.6) is 0 Å². The summed E-state index contributed by atoms with van der Waals surface area (Å²) in [5, 5.41) is 5.41. The first kappa shape index (κ1) is 26.4. The van der Waals surface area contributed by atoms with Crippen molar-refractivity contribution in [2.24, 2.45) is 23.5 Å². The van der Waals surface area contributed by atoms with E-state index in [-0.39, 0.29) is 29.6 Å². The third-order valence-corrected chi connectivity index (χ3v) is 8.53. The van der Waals surface area contributed by atoms with Gasteiger partial charge in [0.1, 0.15) is 11.9 Å². The van der Waals surface area contributed by atoms with Gasteiger partial charge in [0, 0.05) is 19.0 Å². The highest BCUT2D eigenvalue weighted by molar-refractivity contribution is 5.95. The molecule has 36 heavy (non-hydrogen) atoms. The van der Waals surface area contributed by atoms with Crippen LogP contribution < -0.4 is 16.4 Å². The summed E-state index contributed by atoms with van der Waals surface area (Å²) in [6, 6.07) is 2.58. The Hall–Kier alpha value is -2.68. The van der Waals surface area contributed by atoms with Crippen LogP contribution in [0.4, 0.5) is 14.9 Å². The average Bonchev–Trinajstić information content (AvgIpc) is 3.64. The Labute approximate surface area is 212 Å². The number of nitrogens with one attached hydrogen (secondary N) is 2. The van der Waals surface area contributed by atoms with Crippen LogP contribution in [0.2, 0.25) is 0 Å². The van der Waals surface area contributed by atoms with Crippen LogP contribution in [-0.2, 0) is 14.3 Å². The smallest absolute Gasteiger partial charge is 0.329 e. The molecular formula is C27H39FN4O4. The molecule has 4 N–H and O–H groups in total. The molecular weight excluding hydrogens is 463 g/mol. The summed E-state index contributed by atoms with van der Waals surface area (Å²) in [6.45, 7) is 1.73. The van der Waals surface area contributed by atoms with Crippen LogP contribution in [0.3, 0.4) is 0 Å². The number of amides is 3. The van der Waals surface area contributed by atoms with Gasteiger partial charge in [0.05, 0.1) is 18.8 Å². The lowest BCUT2D eigenvalue weighted by molar-refractivity contribution is -0.143. The molecule has 4 rings (SSSR count). The molecule has 0 radical (unpaired) electrons. The Morgan fingerprint density at radius 3 is 2.17 bits per heavy atom. The summed E-state index contributed by atoms with van der Waals surface area (Å²) < 4.78 is 20.0. The van der Waals surface area contributed by atoms with Crippen LogP contribution in [0.1, 0.15) is 69.8 Å². The van der Waals surface area contributed by atoms with Crippen LogP contribution in [0, 0.1) is 23.6 Å². The minimum Gasteiger partial charge on any atom is -0.467 e. The number of ether oxygens (including phenoxy) is 1. The number of carbonyl (C=O) groups is 3. The monoisotopic (exact) mass is 502 g/mol. The van der Waals surface area contributed by atoms with Gasteiger partial charge in [-0.05, 0) is 48.3 Å². The lowest BCUT2D eigenvalue weighted by atomic mass is 9.62. The minimum absolute atomic E-state index is 0.0551. The van der Waals surface area contributed by atoms with Crippen LogP contribution in [-0.4, -0.2) is 55.1 Å². The van der Waals surface area contributed by atoms with E-state index < -0.39 is 29.8 Å². The molecule has 0 unspecified atom stereocenters. The first-order valence-electron chi connectivity index (χ1n) is 13.2. The topological polar surface area (TPSA) is 114 Å². The number of esters is 1. The molecule has 0 saturated heterocycles. The van der Waals surface area contributed by atoms with E-state index in [2.05, 4.69) is 10.6 Å². The molecule has 3 fully saturated rings. The number of nitrogens with two attached hydrogens (primary N) is 1. The summed E-state index contributed by atoms with van der Waals surface area (Å²) in [4.78, 5) is 39.6. The fraction of sp³-hybridized carbons (Fsp3) is 0.667. The third-order valence-electron chi connectivity index (χ3n) is 8.53. The fourth-order valence-electron chi connectivity index (χ4n) is 5.50. The van der Waals surface area contributed by atoms with Gasteiger partial charge < -0.3 is 26.0 Å². The number of nitrogens with zero attached hydrogens (tertiary/aromatic N) is 1. The standard InChI is InChI=1S/C27H39FN4O4/c1-15(24(26(34)36-3)31-27(35)32(2)19-11-12-19)18-10-13-21(20(28)14-18)30-25(33)23(29)22(16-6-4-7-16)17-8-5-9-17/h10,13-17,19,22-24H,4-9,11-12,29H2,1-3H3,(H,30,33)(H,31,35)/t15-,23-,24+/m0/s1. The molecule has 198 valence electrons. The lowest BCUT2D eigenvalue weighted by Crippen LogP contribution is -2.50. The Balaban J connectivity index is 1.43. The first-order chi connectivity index (χ1) is 17.2. The molecule has 3 atom stereocenters. The van der Waals surface area contributed by atoms with E-state index in [1.54, 1.807) is 24.9 Å². The Morgan fingerprint density at radius 1 is 1.08 bits per heavy atom. The molecule has 0 aromatic heterocycles. The van der Waals surface area contributed by atoms with Crippen molar-refractivity contribution in [3.05, 3.63) is 29.6 Å². The number of methoxy groups -OCH3 is 1. The second-order valence-electron chi connectivity index (χ2n) is 10.8. The van der Waals surface area contributed by atoms with E-state index in [0.717, 1.165) is 38.5 Å². The van der Waals surface area contributed by atoms with Crippen LogP contribution >= 0.6 is 0 Å². The fourth-order valence-corrected chi connectivity index (χ4v) is 5.50. The summed E-state index contributed by atoms with van der Waals surface area (Å²) in [7, 11) is 2.94. The van der Waals surface area contributed by atoms with E-state index >= 15 is 4.39 Å². The van der Waals surface area contributed by atoms with Crippen LogP contribution in [0.25, 0.3) is 0 Å². The molecule has 9 heteroatoms. The van der Waals surface area contributed by atoms with E-state index in [0.29, 0.717) is 17.4 Å². The van der Waals surface area contributed by atoms with Crippen LogP contribution in [0.15, 0.2) is 18.2 Å². The maximum atomic E-state index is 15.1. The molecule has 3 saturated carbocycles. The summed E-state index contributed by atoms with van der Waals surface area (Å²) in [6.07, 6.45) is 8.67. The molecule has 3 aliphatic rings. The summed E-state index contributed by atoms with van der Waals surface area (Å²) >= 11 is 0. The molecule has 0 bridgehead atoms. The van der Waals surface area contributed by atoms with E-state index in [1.807, 2.05) is 0 Å². The maximum Gasteiger partial charge on any atom is 0.329 e. The molecule has 0 aliphatic heterocycles. The Kier molecular flexibility index (Phi) is 8.17. The molecule has 0 spiro atoms. The van der Waals surface area contributed by atoms with Crippen molar-refractivity contribution < 1.29 is 23.5 Å². The lowest BCUT2D eigenvalue weighted by Gasteiger charge is -2.44. The molecule has 3 amide bonds. The van der Waals surface area contributed by atoms with Gasteiger partial charge in [0.15, 0.2) is 0 Å². The normalized spacial score (nSPS) is 20.5. The highest BCUT2D eigenvalue weighted by Crippen LogP contribution is 2.45. The first-order valence-corrected chi connectivity index (χ1v) is 13.2. The van der Waals surface area contributed by atoms with E-state index in [1.165, 1.54) is 32.1 Å². The van der Waals surface area contributed by atoms with Gasteiger partial charge in [-0.3, -0.25) is 4.79 Å². The maximum absolute atomic E-state index is 15.1. The predicted molar refractivity (Wildman–Crippen MR) is 135 cm³/mol. The molecule has 0 heterocycles. The second kappa shape index (κ2) is 11.2.